The molecule has 1 saturated heterocycles. The van der Waals surface area contributed by atoms with E-state index < -0.39 is 0 Å². The molecule has 0 amide bonds. The third kappa shape index (κ3) is 4.10. The summed E-state index contributed by atoms with van der Waals surface area (Å²) in [7, 11) is 0. The maximum atomic E-state index is 5.76. The van der Waals surface area contributed by atoms with Gasteiger partial charge in [-0.05, 0) is 25.7 Å². The molecular formula is C14H25N3O. The molecule has 1 aromatic heterocycles. The Morgan fingerprint density at radius 1 is 1.50 bits per heavy atom. The molecule has 0 radical (unpaired) electrons. The van der Waals surface area contributed by atoms with E-state index >= 15 is 0 Å². The highest BCUT2D eigenvalue weighted by molar-refractivity contribution is 4.98. The second-order valence-corrected chi connectivity index (χ2v) is 5.39. The van der Waals surface area contributed by atoms with Crippen LogP contribution in [-0.4, -0.2) is 28.3 Å². The van der Waals surface area contributed by atoms with E-state index in [4.69, 9.17) is 4.74 Å². The first-order valence-corrected chi connectivity index (χ1v) is 7.09. The van der Waals surface area contributed by atoms with Crippen LogP contribution >= 0.6 is 0 Å². The van der Waals surface area contributed by atoms with Gasteiger partial charge in [-0.1, -0.05) is 13.8 Å². The Morgan fingerprint density at radius 2 is 2.39 bits per heavy atom. The molecule has 1 aliphatic heterocycles. The minimum absolute atomic E-state index is 0.451. The van der Waals surface area contributed by atoms with Crippen LogP contribution in [-0.2, 0) is 17.8 Å². The summed E-state index contributed by atoms with van der Waals surface area (Å²) in [5, 5.41) is 3.43. The lowest BCUT2D eigenvalue weighted by Gasteiger charge is -2.23. The summed E-state index contributed by atoms with van der Waals surface area (Å²) >= 11 is 0. The van der Waals surface area contributed by atoms with Gasteiger partial charge in [0.1, 0.15) is 0 Å². The van der Waals surface area contributed by atoms with Gasteiger partial charge in [0.2, 0.25) is 0 Å². The SMILES string of the molecule is CC(C)NCc1cncn1CCC1CCCCO1. The van der Waals surface area contributed by atoms with Crippen molar-refractivity contribution in [3.63, 3.8) is 0 Å². The third-order valence-electron chi connectivity index (χ3n) is 3.46. The number of ether oxygens (including phenoxy) is 1. The normalized spacial score (nSPS) is 20.5. The Hall–Kier alpha value is -0.870. The van der Waals surface area contributed by atoms with Crippen LogP contribution in [0.4, 0.5) is 0 Å². The van der Waals surface area contributed by atoms with Crippen LogP contribution in [0.1, 0.15) is 45.2 Å². The van der Waals surface area contributed by atoms with Gasteiger partial charge in [0.05, 0.1) is 18.1 Å². The van der Waals surface area contributed by atoms with Crippen molar-refractivity contribution >= 4 is 0 Å². The van der Waals surface area contributed by atoms with E-state index in [2.05, 4.69) is 28.7 Å². The lowest BCUT2D eigenvalue weighted by atomic mass is 10.1. The standard InChI is InChI=1S/C14H25N3O/c1-12(2)16-10-13-9-15-11-17(13)7-6-14-5-3-4-8-18-14/h9,11-12,14,16H,3-8,10H2,1-2H3. The molecule has 4 heteroatoms. The van der Waals surface area contributed by atoms with Gasteiger partial charge in [-0.15, -0.1) is 0 Å². The Kier molecular flexibility index (Phi) is 5.20. The summed E-state index contributed by atoms with van der Waals surface area (Å²) in [4.78, 5) is 4.25. The van der Waals surface area contributed by atoms with Crippen LogP contribution in [0, 0.1) is 0 Å². The second kappa shape index (κ2) is 6.90. The first kappa shape index (κ1) is 13.6. The molecule has 1 fully saturated rings. The van der Waals surface area contributed by atoms with Crippen molar-refractivity contribution in [2.75, 3.05) is 6.61 Å². The monoisotopic (exact) mass is 251 g/mol. The maximum absolute atomic E-state index is 5.76. The molecule has 0 saturated carbocycles. The fourth-order valence-corrected chi connectivity index (χ4v) is 2.32. The number of imidazole rings is 1. The fraction of sp³-hybridized carbons (Fsp3) is 0.786. The molecule has 1 aromatic rings. The van der Waals surface area contributed by atoms with Crippen LogP contribution in [0.3, 0.4) is 0 Å². The Labute approximate surface area is 110 Å². The summed E-state index contributed by atoms with van der Waals surface area (Å²) in [6, 6.07) is 0.509. The van der Waals surface area contributed by atoms with Crippen LogP contribution in [0.25, 0.3) is 0 Å². The highest BCUT2D eigenvalue weighted by Gasteiger charge is 2.14. The molecule has 102 valence electrons. The third-order valence-corrected chi connectivity index (χ3v) is 3.46. The van der Waals surface area contributed by atoms with E-state index in [0.717, 1.165) is 26.1 Å². The van der Waals surface area contributed by atoms with E-state index in [-0.39, 0.29) is 0 Å². The quantitative estimate of drug-likeness (QED) is 0.843. The van der Waals surface area contributed by atoms with Crippen LogP contribution in [0.5, 0.6) is 0 Å². The average molecular weight is 251 g/mol. The fourth-order valence-electron chi connectivity index (χ4n) is 2.32. The zero-order chi connectivity index (χ0) is 12.8. The van der Waals surface area contributed by atoms with Gasteiger partial charge in [0.15, 0.2) is 0 Å². The Morgan fingerprint density at radius 3 is 3.11 bits per heavy atom. The first-order valence-electron chi connectivity index (χ1n) is 7.09. The molecule has 2 rings (SSSR count). The molecule has 1 aliphatic rings. The molecule has 0 spiro atoms. The number of nitrogens with zero attached hydrogens (tertiary/aromatic N) is 2. The number of hydrogen-bond acceptors (Lipinski definition) is 3. The van der Waals surface area contributed by atoms with E-state index in [9.17, 15) is 0 Å². The van der Waals surface area contributed by atoms with Crippen molar-refractivity contribution < 1.29 is 4.74 Å². The predicted molar refractivity (Wildman–Crippen MR) is 72.4 cm³/mol. The van der Waals surface area contributed by atoms with Crippen molar-refractivity contribution in [1.82, 2.24) is 14.9 Å². The number of rotatable bonds is 6. The zero-order valence-electron chi connectivity index (χ0n) is 11.6. The summed E-state index contributed by atoms with van der Waals surface area (Å²) in [6.07, 6.45) is 9.20. The highest BCUT2D eigenvalue weighted by Crippen LogP contribution is 2.16. The van der Waals surface area contributed by atoms with Gasteiger partial charge in [-0.3, -0.25) is 0 Å². The van der Waals surface area contributed by atoms with Crippen LogP contribution in [0.2, 0.25) is 0 Å². The average Bonchev–Trinajstić information content (AvgIpc) is 2.82. The van der Waals surface area contributed by atoms with Crippen molar-refractivity contribution in [3.05, 3.63) is 18.2 Å². The summed E-state index contributed by atoms with van der Waals surface area (Å²) < 4.78 is 8.01. The largest absolute Gasteiger partial charge is 0.378 e. The molecule has 18 heavy (non-hydrogen) atoms. The molecular weight excluding hydrogens is 226 g/mol. The van der Waals surface area contributed by atoms with Crippen LogP contribution < -0.4 is 5.32 Å². The minimum atomic E-state index is 0.451. The molecule has 1 N–H and O–H groups in total. The van der Waals surface area contributed by atoms with Gasteiger partial charge >= 0.3 is 0 Å². The molecule has 0 aromatic carbocycles. The van der Waals surface area contributed by atoms with Crippen molar-refractivity contribution in [2.45, 2.75) is 64.8 Å². The van der Waals surface area contributed by atoms with Gasteiger partial charge in [0, 0.05) is 31.9 Å². The molecule has 2 heterocycles. The molecule has 1 unspecified atom stereocenters. The molecule has 1 atom stereocenters. The lowest BCUT2D eigenvalue weighted by molar-refractivity contribution is 0.00869. The number of nitrogens with one attached hydrogen (secondary N) is 1. The topological polar surface area (TPSA) is 39.1 Å². The van der Waals surface area contributed by atoms with E-state index in [0.29, 0.717) is 12.1 Å². The first-order chi connectivity index (χ1) is 8.75. The van der Waals surface area contributed by atoms with Crippen molar-refractivity contribution in [1.29, 1.82) is 0 Å². The highest BCUT2D eigenvalue weighted by atomic mass is 16.5. The zero-order valence-corrected chi connectivity index (χ0v) is 11.6. The summed E-state index contributed by atoms with van der Waals surface area (Å²) in [5.74, 6) is 0. The predicted octanol–water partition coefficient (Wildman–Crippen LogP) is 2.34. The maximum Gasteiger partial charge on any atom is 0.0948 e. The van der Waals surface area contributed by atoms with Crippen LogP contribution in [0.15, 0.2) is 12.5 Å². The lowest BCUT2D eigenvalue weighted by Crippen LogP contribution is -2.24. The van der Waals surface area contributed by atoms with Crippen molar-refractivity contribution in [2.24, 2.45) is 0 Å². The number of hydrogen-bond donors (Lipinski definition) is 1. The van der Waals surface area contributed by atoms with Gasteiger partial charge < -0.3 is 14.6 Å². The van der Waals surface area contributed by atoms with E-state index in [1.54, 1.807) is 0 Å². The van der Waals surface area contributed by atoms with Gasteiger partial charge in [-0.2, -0.15) is 0 Å². The number of aromatic nitrogens is 2. The van der Waals surface area contributed by atoms with E-state index in [1.165, 1.54) is 25.0 Å². The van der Waals surface area contributed by atoms with Crippen molar-refractivity contribution in [3.8, 4) is 0 Å². The van der Waals surface area contributed by atoms with Gasteiger partial charge in [0.25, 0.3) is 0 Å². The smallest absolute Gasteiger partial charge is 0.0948 e. The Balaban J connectivity index is 1.79. The summed E-state index contributed by atoms with van der Waals surface area (Å²) in [5.41, 5.74) is 1.26. The Bertz CT molecular complexity index is 343. The molecule has 0 aliphatic carbocycles. The number of aryl methyl sites for hydroxylation is 1. The molecule has 4 nitrogen and oxygen atoms in total. The minimum Gasteiger partial charge on any atom is -0.378 e. The second-order valence-electron chi connectivity index (χ2n) is 5.39. The van der Waals surface area contributed by atoms with E-state index in [1.807, 2.05) is 12.5 Å². The summed E-state index contributed by atoms with van der Waals surface area (Å²) in [6.45, 7) is 7.17. The van der Waals surface area contributed by atoms with Gasteiger partial charge in [-0.25, -0.2) is 4.98 Å². The molecule has 0 bridgehead atoms.